The molecule has 2 aromatic carbocycles. The Balaban J connectivity index is 1.75. The minimum atomic E-state index is -3.71. The van der Waals surface area contributed by atoms with Crippen molar-refractivity contribution >= 4 is 26.8 Å². The number of benzene rings is 2. The van der Waals surface area contributed by atoms with Crippen LogP contribution in [-0.4, -0.2) is 18.9 Å². The number of nitrogens with two attached hydrogens (primary N) is 1. The fourth-order valence-corrected chi connectivity index (χ4v) is 3.11. The maximum atomic E-state index is 12.4. The van der Waals surface area contributed by atoms with Crippen LogP contribution < -0.4 is 10.5 Å². The number of sulfonamides is 1. The second kappa shape index (κ2) is 6.10. The highest BCUT2D eigenvalue weighted by Gasteiger charge is 2.13. The number of aromatic nitrogens is 1. The number of carbonyl (C=O) groups is 1. The molecular formula is C17H17N3O3S. The molecule has 0 spiro atoms. The van der Waals surface area contributed by atoms with E-state index in [1.807, 2.05) is 35.9 Å². The molecule has 7 heteroatoms. The Morgan fingerprint density at radius 3 is 2.46 bits per heavy atom. The summed E-state index contributed by atoms with van der Waals surface area (Å²) in [6, 6.07) is 13.8. The summed E-state index contributed by atoms with van der Waals surface area (Å²) in [4.78, 5) is 12.5. The number of nitrogens with one attached hydrogen (secondary N) is 1. The van der Waals surface area contributed by atoms with Crippen molar-refractivity contribution in [2.75, 3.05) is 0 Å². The van der Waals surface area contributed by atoms with Crippen molar-refractivity contribution in [1.29, 1.82) is 0 Å². The lowest BCUT2D eigenvalue weighted by Crippen LogP contribution is -2.22. The number of hydrogen-bond donors (Lipinski definition) is 2. The number of hydrogen-bond acceptors (Lipinski definition) is 3. The number of fused-ring (bicyclic) bond motifs is 1. The van der Waals surface area contributed by atoms with Gasteiger partial charge in [-0.1, -0.05) is 30.3 Å². The van der Waals surface area contributed by atoms with Crippen LogP contribution in [-0.2, 0) is 23.6 Å². The molecule has 24 heavy (non-hydrogen) atoms. The molecule has 1 aromatic heterocycles. The number of nitrogens with zero attached hydrogens (tertiary/aromatic N) is 1. The van der Waals surface area contributed by atoms with Gasteiger partial charge in [0.1, 0.15) is 0 Å². The molecule has 3 rings (SSSR count). The molecule has 1 heterocycles. The molecule has 0 aliphatic heterocycles. The summed E-state index contributed by atoms with van der Waals surface area (Å²) in [7, 11) is -1.81. The fourth-order valence-electron chi connectivity index (χ4n) is 2.60. The number of rotatable bonds is 4. The minimum Gasteiger partial charge on any atom is -0.350 e. The lowest BCUT2D eigenvalue weighted by atomic mass is 10.1. The predicted octanol–water partition coefficient (Wildman–Crippen LogP) is 1.76. The third-order valence-electron chi connectivity index (χ3n) is 3.85. The van der Waals surface area contributed by atoms with Crippen LogP contribution in [0.15, 0.2) is 59.6 Å². The van der Waals surface area contributed by atoms with E-state index < -0.39 is 10.0 Å². The van der Waals surface area contributed by atoms with Gasteiger partial charge in [-0.2, -0.15) is 0 Å². The van der Waals surface area contributed by atoms with Gasteiger partial charge in [0.05, 0.1) is 10.5 Å². The van der Waals surface area contributed by atoms with E-state index in [4.69, 9.17) is 5.14 Å². The van der Waals surface area contributed by atoms with E-state index in [1.165, 1.54) is 12.1 Å². The average Bonchev–Trinajstić information content (AvgIpc) is 2.90. The summed E-state index contributed by atoms with van der Waals surface area (Å²) in [5, 5.41) is 8.80. The van der Waals surface area contributed by atoms with Crippen molar-refractivity contribution in [3.63, 3.8) is 0 Å². The third kappa shape index (κ3) is 3.17. The number of amides is 1. The van der Waals surface area contributed by atoms with Gasteiger partial charge < -0.3 is 9.88 Å². The molecule has 1 amide bonds. The number of carbonyl (C=O) groups excluding carboxylic acids is 1. The standard InChI is InChI=1S/C17H17N3O3S/c1-20-11-15(14-4-2-3-5-16(14)20)17(21)19-10-12-6-8-13(9-7-12)24(18,22)23/h2-9,11H,10H2,1H3,(H,19,21)(H2,18,22,23). The SMILES string of the molecule is Cn1cc(C(=O)NCc2ccc(S(N)(=O)=O)cc2)c2ccccc21. The largest absolute Gasteiger partial charge is 0.350 e. The molecule has 0 saturated carbocycles. The van der Waals surface area contributed by atoms with Gasteiger partial charge in [-0.15, -0.1) is 0 Å². The smallest absolute Gasteiger partial charge is 0.253 e. The molecular weight excluding hydrogens is 326 g/mol. The van der Waals surface area contributed by atoms with Crippen molar-refractivity contribution in [1.82, 2.24) is 9.88 Å². The Morgan fingerprint density at radius 2 is 1.79 bits per heavy atom. The van der Waals surface area contributed by atoms with E-state index in [9.17, 15) is 13.2 Å². The summed E-state index contributed by atoms with van der Waals surface area (Å²) in [6.45, 7) is 0.299. The Hall–Kier alpha value is -2.64. The van der Waals surface area contributed by atoms with Gasteiger partial charge in [0.25, 0.3) is 5.91 Å². The van der Waals surface area contributed by atoms with Gasteiger partial charge in [-0.25, -0.2) is 13.6 Å². The average molecular weight is 343 g/mol. The second-order valence-corrected chi connectivity index (χ2v) is 7.10. The highest BCUT2D eigenvalue weighted by atomic mass is 32.2. The van der Waals surface area contributed by atoms with E-state index in [-0.39, 0.29) is 10.8 Å². The highest BCUT2D eigenvalue weighted by molar-refractivity contribution is 7.89. The van der Waals surface area contributed by atoms with E-state index in [0.29, 0.717) is 12.1 Å². The first-order valence-electron chi connectivity index (χ1n) is 7.30. The van der Waals surface area contributed by atoms with Gasteiger partial charge in [0.15, 0.2) is 0 Å². The van der Waals surface area contributed by atoms with Crippen molar-refractivity contribution in [2.45, 2.75) is 11.4 Å². The van der Waals surface area contributed by atoms with E-state index in [1.54, 1.807) is 18.3 Å². The Kier molecular flexibility index (Phi) is 4.13. The van der Waals surface area contributed by atoms with Crippen LogP contribution in [0.5, 0.6) is 0 Å². The van der Waals surface area contributed by atoms with Crippen LogP contribution >= 0.6 is 0 Å². The molecule has 0 radical (unpaired) electrons. The molecule has 6 nitrogen and oxygen atoms in total. The van der Waals surface area contributed by atoms with Crippen LogP contribution in [0, 0.1) is 0 Å². The van der Waals surface area contributed by atoms with Crippen molar-refractivity contribution in [3.8, 4) is 0 Å². The van der Waals surface area contributed by atoms with Crippen molar-refractivity contribution in [2.24, 2.45) is 12.2 Å². The first-order chi connectivity index (χ1) is 11.4. The lowest BCUT2D eigenvalue weighted by Gasteiger charge is -2.05. The molecule has 0 fully saturated rings. The lowest BCUT2D eigenvalue weighted by molar-refractivity contribution is 0.0952. The molecule has 0 bridgehead atoms. The predicted molar refractivity (Wildman–Crippen MR) is 91.9 cm³/mol. The summed E-state index contributed by atoms with van der Waals surface area (Å²) in [5.41, 5.74) is 2.38. The highest BCUT2D eigenvalue weighted by Crippen LogP contribution is 2.20. The monoisotopic (exact) mass is 343 g/mol. The zero-order valence-corrected chi connectivity index (χ0v) is 13.9. The summed E-state index contributed by atoms with van der Waals surface area (Å²) in [5.74, 6) is -0.178. The van der Waals surface area contributed by atoms with Gasteiger partial charge >= 0.3 is 0 Å². The van der Waals surface area contributed by atoms with Crippen molar-refractivity contribution < 1.29 is 13.2 Å². The quantitative estimate of drug-likeness (QED) is 0.756. The molecule has 3 aromatic rings. The molecule has 0 saturated heterocycles. The van der Waals surface area contributed by atoms with E-state index in [2.05, 4.69) is 5.32 Å². The maximum absolute atomic E-state index is 12.4. The normalized spacial score (nSPS) is 11.6. The molecule has 0 atom stereocenters. The number of aryl methyl sites for hydroxylation is 1. The number of para-hydroxylation sites is 1. The van der Waals surface area contributed by atoms with Crippen molar-refractivity contribution in [3.05, 3.63) is 65.9 Å². The van der Waals surface area contributed by atoms with Crippen LogP contribution in [0.3, 0.4) is 0 Å². The van der Waals surface area contributed by atoms with Crippen LogP contribution in [0.25, 0.3) is 10.9 Å². The molecule has 124 valence electrons. The van der Waals surface area contributed by atoms with Gasteiger partial charge in [0, 0.05) is 30.7 Å². The first-order valence-corrected chi connectivity index (χ1v) is 8.85. The first kappa shape index (κ1) is 16.2. The van der Waals surface area contributed by atoms with E-state index in [0.717, 1.165) is 16.5 Å². The second-order valence-electron chi connectivity index (χ2n) is 5.54. The molecule has 3 N–H and O–H groups in total. The van der Waals surface area contributed by atoms with Crippen LogP contribution in [0.1, 0.15) is 15.9 Å². The summed E-state index contributed by atoms with van der Waals surface area (Å²) >= 11 is 0. The Morgan fingerprint density at radius 1 is 1.12 bits per heavy atom. The van der Waals surface area contributed by atoms with Gasteiger partial charge in [-0.3, -0.25) is 4.79 Å². The number of primary sulfonamides is 1. The Bertz CT molecular complexity index is 1010. The van der Waals surface area contributed by atoms with Gasteiger partial charge in [-0.05, 0) is 23.8 Å². The topological polar surface area (TPSA) is 94.2 Å². The Labute approximate surface area is 139 Å². The van der Waals surface area contributed by atoms with Crippen LogP contribution in [0.4, 0.5) is 0 Å². The van der Waals surface area contributed by atoms with E-state index >= 15 is 0 Å². The summed E-state index contributed by atoms with van der Waals surface area (Å²) in [6.07, 6.45) is 1.80. The van der Waals surface area contributed by atoms with Gasteiger partial charge in [0.2, 0.25) is 10.0 Å². The molecule has 0 aliphatic carbocycles. The molecule has 0 aliphatic rings. The molecule has 0 unspecified atom stereocenters. The fraction of sp³-hybridized carbons (Fsp3) is 0.118. The zero-order chi connectivity index (χ0) is 17.3. The third-order valence-corrected chi connectivity index (χ3v) is 4.78. The zero-order valence-electron chi connectivity index (χ0n) is 13.1. The summed E-state index contributed by atoms with van der Waals surface area (Å²) < 4.78 is 24.4. The van der Waals surface area contributed by atoms with Crippen LogP contribution in [0.2, 0.25) is 0 Å². The minimum absolute atomic E-state index is 0.0478. The maximum Gasteiger partial charge on any atom is 0.253 e.